The number of hydrogen-bond acceptors (Lipinski definition) is 5. The topological polar surface area (TPSA) is 74.1 Å². The van der Waals surface area contributed by atoms with Crippen molar-refractivity contribution in [2.75, 3.05) is 20.8 Å². The lowest BCUT2D eigenvalue weighted by Crippen LogP contribution is -2.25. The van der Waals surface area contributed by atoms with E-state index >= 15 is 0 Å². The molecule has 1 N–H and O–H groups in total. The van der Waals surface area contributed by atoms with Gasteiger partial charge < -0.3 is 23.9 Å². The molecule has 4 rings (SSSR count). The van der Waals surface area contributed by atoms with Crippen LogP contribution in [0.4, 0.5) is 0 Å². The first kappa shape index (κ1) is 22.2. The van der Waals surface area contributed by atoms with Crippen molar-refractivity contribution in [2.24, 2.45) is 0 Å². The number of nitrogens with zero attached hydrogens (tertiary/aromatic N) is 2. The molecule has 0 fully saturated rings. The van der Waals surface area contributed by atoms with E-state index in [9.17, 15) is 4.79 Å². The first-order valence-electron chi connectivity index (χ1n) is 10.7. The third-order valence-corrected chi connectivity index (χ3v) is 5.36. The molecule has 2 aromatic carbocycles. The van der Waals surface area contributed by atoms with Gasteiger partial charge in [-0.15, -0.1) is 0 Å². The summed E-state index contributed by atoms with van der Waals surface area (Å²) >= 11 is 0. The summed E-state index contributed by atoms with van der Waals surface area (Å²) in [6.45, 7) is 2.85. The quantitative estimate of drug-likeness (QED) is 0.418. The number of imidazole rings is 1. The molecule has 0 unspecified atom stereocenters. The van der Waals surface area contributed by atoms with Crippen LogP contribution in [0.25, 0.3) is 5.65 Å². The Labute approximate surface area is 192 Å². The average molecular weight is 446 g/mol. The zero-order chi connectivity index (χ0) is 23.2. The van der Waals surface area contributed by atoms with Gasteiger partial charge in [0.25, 0.3) is 5.91 Å². The fourth-order valence-electron chi connectivity index (χ4n) is 3.62. The summed E-state index contributed by atoms with van der Waals surface area (Å²) in [5, 5.41) is 2.96. The molecule has 0 bridgehead atoms. The fourth-order valence-corrected chi connectivity index (χ4v) is 3.62. The monoisotopic (exact) mass is 445 g/mol. The van der Waals surface area contributed by atoms with E-state index < -0.39 is 0 Å². The molecule has 4 aromatic rings. The molecule has 0 spiro atoms. The van der Waals surface area contributed by atoms with Gasteiger partial charge in [0, 0.05) is 24.5 Å². The maximum atomic E-state index is 12.6. The second-order valence-electron chi connectivity index (χ2n) is 7.67. The van der Waals surface area contributed by atoms with Crippen molar-refractivity contribution >= 4 is 11.6 Å². The van der Waals surface area contributed by atoms with Crippen LogP contribution in [-0.2, 0) is 13.0 Å². The highest BCUT2D eigenvalue weighted by atomic mass is 16.5. The Bertz CT molecular complexity index is 1270. The van der Waals surface area contributed by atoms with E-state index in [4.69, 9.17) is 14.2 Å². The minimum Gasteiger partial charge on any atom is -0.493 e. The number of pyridine rings is 1. The number of carbonyl (C=O) groups is 1. The van der Waals surface area contributed by atoms with Crippen LogP contribution in [0, 0.1) is 6.92 Å². The Balaban J connectivity index is 1.33. The van der Waals surface area contributed by atoms with Crippen LogP contribution in [0.2, 0.25) is 0 Å². The van der Waals surface area contributed by atoms with E-state index in [1.54, 1.807) is 26.4 Å². The van der Waals surface area contributed by atoms with Gasteiger partial charge in [0.05, 0.1) is 19.9 Å². The number of carbonyl (C=O) groups excluding carboxylic acids is 1. The largest absolute Gasteiger partial charge is 0.493 e. The SMILES string of the molecule is COc1ccc(CCNC(=O)c2cccc(OCc3cn4cccc(C)c4n3)c2)cc1OC. The van der Waals surface area contributed by atoms with E-state index in [1.807, 2.05) is 66.2 Å². The highest BCUT2D eigenvalue weighted by Crippen LogP contribution is 2.27. The average Bonchev–Trinajstić information content (AvgIpc) is 3.27. The lowest BCUT2D eigenvalue weighted by atomic mass is 10.1. The van der Waals surface area contributed by atoms with Crippen LogP contribution in [-0.4, -0.2) is 36.1 Å². The molecular weight excluding hydrogens is 418 g/mol. The molecular formula is C26H27N3O4. The van der Waals surface area contributed by atoms with E-state index in [0.717, 1.165) is 22.5 Å². The summed E-state index contributed by atoms with van der Waals surface area (Å²) in [5.41, 5.74) is 4.45. The molecule has 7 heteroatoms. The second kappa shape index (κ2) is 10.1. The highest BCUT2D eigenvalue weighted by molar-refractivity contribution is 5.94. The normalized spacial score (nSPS) is 10.8. The van der Waals surface area contributed by atoms with Crippen molar-refractivity contribution < 1.29 is 19.0 Å². The van der Waals surface area contributed by atoms with Crippen LogP contribution >= 0.6 is 0 Å². The Morgan fingerprint density at radius 2 is 1.88 bits per heavy atom. The number of methoxy groups -OCH3 is 2. The molecule has 1 amide bonds. The molecule has 0 saturated heterocycles. The van der Waals surface area contributed by atoms with Gasteiger partial charge in [0.1, 0.15) is 18.0 Å². The predicted octanol–water partition coefficient (Wildman–Crippen LogP) is 4.21. The standard InChI is InChI=1S/C26H27N3O4/c1-18-6-5-13-29-16-21(28-25(18)29)17-33-22-8-4-7-20(15-22)26(30)27-12-11-19-9-10-23(31-2)24(14-19)32-3/h4-10,13-16H,11-12,17H2,1-3H3,(H,27,30). The van der Waals surface area contributed by atoms with Crippen LogP contribution < -0.4 is 19.5 Å². The fraction of sp³-hybridized carbons (Fsp3) is 0.231. The minimum absolute atomic E-state index is 0.149. The van der Waals surface area contributed by atoms with Crippen molar-refractivity contribution in [3.05, 3.63) is 89.4 Å². The van der Waals surface area contributed by atoms with Gasteiger partial charge in [-0.1, -0.05) is 18.2 Å². The number of hydrogen-bond donors (Lipinski definition) is 1. The lowest BCUT2D eigenvalue weighted by Gasteiger charge is -2.10. The maximum absolute atomic E-state index is 12.6. The number of fused-ring (bicyclic) bond motifs is 1. The number of ether oxygens (including phenoxy) is 3. The molecule has 170 valence electrons. The van der Waals surface area contributed by atoms with Crippen LogP contribution in [0.3, 0.4) is 0 Å². The van der Waals surface area contributed by atoms with Gasteiger partial charge >= 0.3 is 0 Å². The Hall–Kier alpha value is -4.00. The van der Waals surface area contributed by atoms with Gasteiger partial charge in [-0.2, -0.15) is 0 Å². The Morgan fingerprint density at radius 1 is 1.03 bits per heavy atom. The molecule has 2 aromatic heterocycles. The summed E-state index contributed by atoms with van der Waals surface area (Å²) < 4.78 is 18.5. The van der Waals surface area contributed by atoms with Gasteiger partial charge in [-0.05, 0) is 60.9 Å². The summed E-state index contributed by atoms with van der Waals surface area (Å²) in [7, 11) is 3.21. The number of nitrogens with one attached hydrogen (secondary N) is 1. The van der Waals surface area contributed by atoms with Gasteiger partial charge in [0.2, 0.25) is 0 Å². The molecule has 0 radical (unpaired) electrons. The molecule has 7 nitrogen and oxygen atoms in total. The van der Waals surface area contributed by atoms with Gasteiger partial charge in [0.15, 0.2) is 11.5 Å². The molecule has 2 heterocycles. The van der Waals surface area contributed by atoms with E-state index in [0.29, 0.717) is 42.4 Å². The zero-order valence-electron chi connectivity index (χ0n) is 19.0. The van der Waals surface area contributed by atoms with E-state index in [2.05, 4.69) is 10.3 Å². The van der Waals surface area contributed by atoms with Crippen LogP contribution in [0.5, 0.6) is 17.2 Å². The van der Waals surface area contributed by atoms with Crippen molar-refractivity contribution in [3.8, 4) is 17.2 Å². The number of benzene rings is 2. The van der Waals surface area contributed by atoms with Gasteiger partial charge in [-0.3, -0.25) is 4.79 Å². The van der Waals surface area contributed by atoms with E-state index in [1.165, 1.54) is 0 Å². The molecule has 0 atom stereocenters. The van der Waals surface area contributed by atoms with Crippen LogP contribution in [0.1, 0.15) is 27.2 Å². The first-order valence-corrected chi connectivity index (χ1v) is 10.7. The van der Waals surface area contributed by atoms with Crippen LogP contribution in [0.15, 0.2) is 67.0 Å². The predicted molar refractivity (Wildman–Crippen MR) is 126 cm³/mol. The summed E-state index contributed by atoms with van der Waals surface area (Å²) in [6.07, 6.45) is 4.59. The second-order valence-corrected chi connectivity index (χ2v) is 7.67. The third-order valence-electron chi connectivity index (χ3n) is 5.36. The molecule has 0 aliphatic heterocycles. The lowest BCUT2D eigenvalue weighted by molar-refractivity contribution is 0.0953. The molecule has 0 aliphatic rings. The number of rotatable bonds is 9. The highest BCUT2D eigenvalue weighted by Gasteiger charge is 2.09. The first-order chi connectivity index (χ1) is 16.1. The number of aryl methyl sites for hydroxylation is 1. The van der Waals surface area contributed by atoms with Crippen molar-refractivity contribution in [1.29, 1.82) is 0 Å². The summed E-state index contributed by atoms with van der Waals surface area (Å²) in [6, 6.07) is 16.9. The smallest absolute Gasteiger partial charge is 0.251 e. The molecule has 0 saturated carbocycles. The Morgan fingerprint density at radius 3 is 2.67 bits per heavy atom. The molecule has 0 aliphatic carbocycles. The Kier molecular flexibility index (Phi) is 6.78. The van der Waals surface area contributed by atoms with Gasteiger partial charge in [-0.25, -0.2) is 4.98 Å². The van der Waals surface area contributed by atoms with Crippen molar-refractivity contribution in [1.82, 2.24) is 14.7 Å². The maximum Gasteiger partial charge on any atom is 0.251 e. The van der Waals surface area contributed by atoms with E-state index in [-0.39, 0.29) is 5.91 Å². The third kappa shape index (κ3) is 5.26. The van der Waals surface area contributed by atoms with Crippen molar-refractivity contribution in [3.63, 3.8) is 0 Å². The molecule has 33 heavy (non-hydrogen) atoms. The zero-order valence-corrected chi connectivity index (χ0v) is 19.0. The number of aromatic nitrogens is 2. The summed E-state index contributed by atoms with van der Waals surface area (Å²) in [5.74, 6) is 1.83. The summed E-state index contributed by atoms with van der Waals surface area (Å²) in [4.78, 5) is 17.2. The number of amides is 1. The minimum atomic E-state index is -0.149. The van der Waals surface area contributed by atoms with Crippen molar-refractivity contribution in [2.45, 2.75) is 20.0 Å².